The molecule has 0 saturated heterocycles. The highest BCUT2D eigenvalue weighted by Crippen LogP contribution is 2.22. The van der Waals surface area contributed by atoms with Gasteiger partial charge in [0, 0.05) is 5.69 Å². The molecule has 0 fully saturated rings. The van der Waals surface area contributed by atoms with Crippen molar-refractivity contribution < 1.29 is 10.0 Å². The van der Waals surface area contributed by atoms with E-state index in [1.54, 1.807) is 5.48 Å². The maximum atomic E-state index is 11.3. The lowest BCUT2D eigenvalue weighted by Gasteiger charge is -2.11. The molecule has 0 aromatic carbocycles. The van der Waals surface area contributed by atoms with Crippen LogP contribution in [0.1, 0.15) is 38.1 Å². The third kappa shape index (κ3) is 3.33. The zero-order valence-corrected chi connectivity index (χ0v) is 12.5. The van der Waals surface area contributed by atoms with Gasteiger partial charge >= 0.3 is 0 Å². The van der Waals surface area contributed by atoms with Crippen molar-refractivity contribution in [1.29, 1.82) is 0 Å². The molecule has 0 atom stereocenters. The van der Waals surface area contributed by atoms with E-state index in [9.17, 15) is 4.79 Å². The first-order valence-electron chi connectivity index (χ1n) is 7.37. The van der Waals surface area contributed by atoms with E-state index < -0.39 is 5.91 Å². The number of hydroxylamine groups is 1. The fraction of sp³-hybridized carbons (Fsp3) is 0.467. The topological polar surface area (TPSA) is 78.7 Å². The first-order valence-corrected chi connectivity index (χ1v) is 7.37. The predicted octanol–water partition coefficient (Wildman–Crippen LogP) is 2.16. The van der Waals surface area contributed by atoms with E-state index in [-0.39, 0.29) is 6.54 Å². The minimum Gasteiger partial charge on any atom is -0.360 e. The summed E-state index contributed by atoms with van der Waals surface area (Å²) in [6.07, 6.45) is 3.81. The summed E-state index contributed by atoms with van der Waals surface area (Å²) in [6, 6.07) is 6.05. The summed E-state index contributed by atoms with van der Waals surface area (Å²) in [4.78, 5) is 15.9. The van der Waals surface area contributed by atoms with Gasteiger partial charge in [0.15, 0.2) is 0 Å². The molecule has 0 radical (unpaired) electrons. The van der Waals surface area contributed by atoms with Crippen molar-refractivity contribution >= 4 is 17.4 Å². The first-order chi connectivity index (χ1) is 10.2. The van der Waals surface area contributed by atoms with Gasteiger partial charge < -0.3 is 5.32 Å². The Balaban J connectivity index is 2.45. The van der Waals surface area contributed by atoms with Gasteiger partial charge in [0.1, 0.15) is 11.5 Å². The van der Waals surface area contributed by atoms with Crippen LogP contribution in [0.25, 0.3) is 5.65 Å². The number of carbonyl (C=O) groups is 1. The molecule has 3 N–H and O–H groups in total. The highest BCUT2D eigenvalue weighted by atomic mass is 16.5. The van der Waals surface area contributed by atoms with Crippen molar-refractivity contribution in [3.63, 3.8) is 0 Å². The molecule has 21 heavy (non-hydrogen) atoms. The number of aromatic nitrogens is 2. The summed E-state index contributed by atoms with van der Waals surface area (Å²) in [7, 11) is 0. The van der Waals surface area contributed by atoms with E-state index in [1.807, 2.05) is 12.1 Å². The maximum absolute atomic E-state index is 11.3. The number of pyridine rings is 1. The Hall–Kier alpha value is -2.08. The van der Waals surface area contributed by atoms with Gasteiger partial charge in [-0.2, -0.15) is 0 Å². The number of fused-ring (bicyclic) bond motifs is 1. The second-order valence-electron chi connectivity index (χ2n) is 5.01. The molecular weight excluding hydrogens is 268 g/mol. The summed E-state index contributed by atoms with van der Waals surface area (Å²) in [6.45, 7) is 4.25. The fourth-order valence-electron chi connectivity index (χ4n) is 2.45. The van der Waals surface area contributed by atoms with Crippen LogP contribution < -0.4 is 10.8 Å². The smallest absolute Gasteiger partial charge is 0.262 e. The zero-order chi connectivity index (χ0) is 15.2. The number of rotatable bonds is 7. The number of hydrogen-bond donors (Lipinski definition) is 3. The quantitative estimate of drug-likeness (QED) is 0.539. The van der Waals surface area contributed by atoms with Gasteiger partial charge in [0.05, 0.1) is 12.2 Å². The lowest BCUT2D eigenvalue weighted by atomic mass is 10.2. The average Bonchev–Trinajstić information content (AvgIpc) is 2.84. The molecule has 0 saturated carbocycles. The lowest BCUT2D eigenvalue weighted by molar-refractivity contribution is -0.127. The fourth-order valence-corrected chi connectivity index (χ4v) is 2.45. The van der Waals surface area contributed by atoms with Crippen LogP contribution in [-0.4, -0.2) is 27.0 Å². The van der Waals surface area contributed by atoms with Crippen LogP contribution >= 0.6 is 0 Å². The Morgan fingerprint density at radius 3 is 2.71 bits per heavy atom. The van der Waals surface area contributed by atoms with Crippen LogP contribution in [0.2, 0.25) is 0 Å². The summed E-state index contributed by atoms with van der Waals surface area (Å²) < 4.78 is 2.07. The van der Waals surface area contributed by atoms with Crippen LogP contribution in [0.3, 0.4) is 0 Å². The normalized spacial score (nSPS) is 10.8. The third-order valence-electron chi connectivity index (χ3n) is 3.33. The number of imidazole rings is 1. The number of nitrogens with one attached hydrogen (secondary N) is 2. The van der Waals surface area contributed by atoms with Crippen LogP contribution in [-0.2, 0) is 17.6 Å². The van der Waals surface area contributed by atoms with E-state index in [1.165, 1.54) is 0 Å². The Bertz CT molecular complexity index is 621. The first kappa shape index (κ1) is 15.3. The van der Waals surface area contributed by atoms with E-state index >= 15 is 0 Å². The van der Waals surface area contributed by atoms with E-state index in [2.05, 4.69) is 34.6 Å². The van der Waals surface area contributed by atoms with Crippen LogP contribution in [0.5, 0.6) is 0 Å². The largest absolute Gasteiger partial charge is 0.360 e. The summed E-state index contributed by atoms with van der Waals surface area (Å²) in [5, 5.41) is 11.7. The molecule has 2 aromatic heterocycles. The van der Waals surface area contributed by atoms with Gasteiger partial charge in [-0.3, -0.25) is 14.4 Å². The molecule has 0 spiro atoms. The standard InChI is InChI=1S/C15H22N4O2/c1-3-6-11-8-5-9-13-17-12(7-4-2)15(19(11)13)16-10-14(20)18-21/h5,8-9,16,21H,3-4,6-7,10H2,1-2H3,(H,18,20). The van der Waals surface area contributed by atoms with Gasteiger partial charge in [-0.15, -0.1) is 0 Å². The summed E-state index contributed by atoms with van der Waals surface area (Å²) in [5.74, 6) is 0.375. The zero-order valence-electron chi connectivity index (χ0n) is 12.5. The highest BCUT2D eigenvalue weighted by molar-refractivity contribution is 5.79. The molecule has 2 heterocycles. The molecule has 2 aromatic rings. The number of aryl methyl sites for hydroxylation is 2. The van der Waals surface area contributed by atoms with Gasteiger partial charge in [0.2, 0.25) is 0 Å². The number of carbonyl (C=O) groups excluding carboxylic acids is 1. The van der Waals surface area contributed by atoms with E-state index in [4.69, 9.17) is 5.21 Å². The van der Waals surface area contributed by atoms with Gasteiger partial charge in [-0.25, -0.2) is 10.5 Å². The molecule has 0 aliphatic rings. The van der Waals surface area contributed by atoms with E-state index in [0.717, 1.165) is 48.5 Å². The van der Waals surface area contributed by atoms with Crippen molar-refractivity contribution in [2.75, 3.05) is 11.9 Å². The van der Waals surface area contributed by atoms with Crippen molar-refractivity contribution in [3.8, 4) is 0 Å². The minimum atomic E-state index is -0.472. The Morgan fingerprint density at radius 2 is 2.05 bits per heavy atom. The van der Waals surface area contributed by atoms with Crippen LogP contribution in [0.4, 0.5) is 5.82 Å². The molecule has 0 aliphatic heterocycles. The molecule has 1 amide bonds. The number of nitrogens with zero attached hydrogens (tertiary/aromatic N) is 2. The molecule has 0 aliphatic carbocycles. The van der Waals surface area contributed by atoms with Crippen molar-refractivity contribution in [1.82, 2.24) is 14.9 Å². The van der Waals surface area contributed by atoms with Crippen molar-refractivity contribution in [2.24, 2.45) is 0 Å². The molecule has 6 heteroatoms. The van der Waals surface area contributed by atoms with Gasteiger partial charge in [-0.05, 0) is 25.0 Å². The van der Waals surface area contributed by atoms with Crippen LogP contribution in [0.15, 0.2) is 18.2 Å². The maximum Gasteiger partial charge on any atom is 0.262 e. The predicted molar refractivity (Wildman–Crippen MR) is 81.6 cm³/mol. The van der Waals surface area contributed by atoms with Crippen molar-refractivity contribution in [2.45, 2.75) is 39.5 Å². The number of amides is 1. The Labute approximate surface area is 124 Å². The molecule has 114 valence electrons. The number of hydrogen-bond acceptors (Lipinski definition) is 4. The molecular formula is C15H22N4O2. The molecule has 0 bridgehead atoms. The lowest BCUT2D eigenvalue weighted by Crippen LogP contribution is -2.27. The second kappa shape index (κ2) is 7.08. The van der Waals surface area contributed by atoms with E-state index in [0.29, 0.717) is 0 Å². The van der Waals surface area contributed by atoms with Crippen LogP contribution in [0, 0.1) is 0 Å². The summed E-state index contributed by atoms with van der Waals surface area (Å²) in [5.41, 5.74) is 4.64. The van der Waals surface area contributed by atoms with Gasteiger partial charge in [0.25, 0.3) is 5.91 Å². The molecule has 6 nitrogen and oxygen atoms in total. The van der Waals surface area contributed by atoms with Crippen molar-refractivity contribution in [3.05, 3.63) is 29.6 Å². The Morgan fingerprint density at radius 1 is 1.29 bits per heavy atom. The molecule has 0 unspecified atom stereocenters. The average molecular weight is 290 g/mol. The highest BCUT2D eigenvalue weighted by Gasteiger charge is 2.14. The Kier molecular flexibility index (Phi) is 5.16. The van der Waals surface area contributed by atoms with Gasteiger partial charge in [-0.1, -0.05) is 32.8 Å². The monoisotopic (exact) mass is 290 g/mol. The number of anilines is 1. The second-order valence-corrected chi connectivity index (χ2v) is 5.01. The summed E-state index contributed by atoms with van der Waals surface area (Å²) >= 11 is 0. The minimum absolute atomic E-state index is 0.0153. The third-order valence-corrected chi connectivity index (χ3v) is 3.33. The molecule has 2 rings (SSSR count). The SMILES string of the molecule is CCCc1nc2cccc(CCC)n2c1NCC(=O)NO.